The third-order valence-corrected chi connectivity index (χ3v) is 3.63. The fraction of sp³-hybridized carbons (Fsp3) is 0.538. The first-order chi connectivity index (χ1) is 9.81. The van der Waals surface area contributed by atoms with E-state index in [1.165, 1.54) is 11.3 Å². The van der Waals surface area contributed by atoms with Gasteiger partial charge >= 0.3 is 0 Å². The summed E-state index contributed by atoms with van der Waals surface area (Å²) in [5.41, 5.74) is 0.697. The highest BCUT2D eigenvalue weighted by atomic mass is 32.1. The topological polar surface area (TPSA) is 76.2 Å². The maximum atomic E-state index is 11.8. The van der Waals surface area contributed by atoms with Gasteiger partial charge in [-0.2, -0.15) is 0 Å². The molecule has 0 unspecified atom stereocenters. The minimum absolute atomic E-state index is 0.0651. The van der Waals surface area contributed by atoms with Crippen molar-refractivity contribution in [3.8, 4) is 0 Å². The van der Waals surface area contributed by atoms with Gasteiger partial charge in [0.15, 0.2) is 0 Å². The van der Waals surface area contributed by atoms with Gasteiger partial charge in [0.1, 0.15) is 10.5 Å². The molecule has 0 bridgehead atoms. The van der Waals surface area contributed by atoms with Crippen LogP contribution in [0.5, 0.6) is 0 Å². The first kappa shape index (κ1) is 15.1. The maximum absolute atomic E-state index is 11.8. The van der Waals surface area contributed by atoms with Crippen LogP contribution >= 0.6 is 11.3 Å². The van der Waals surface area contributed by atoms with Crippen molar-refractivity contribution < 1.29 is 9.47 Å². The molecule has 7 heteroatoms. The fourth-order valence-corrected chi connectivity index (χ4v) is 2.48. The highest BCUT2D eigenvalue weighted by molar-refractivity contribution is 7.17. The molecule has 0 aliphatic rings. The predicted molar refractivity (Wildman–Crippen MR) is 79.3 cm³/mol. The molecule has 0 amide bonds. The average molecular weight is 297 g/mol. The van der Waals surface area contributed by atoms with E-state index >= 15 is 0 Å². The number of aromatic amines is 1. The van der Waals surface area contributed by atoms with Crippen LogP contribution in [0.25, 0.3) is 10.2 Å². The minimum atomic E-state index is -0.0651. The van der Waals surface area contributed by atoms with Crippen molar-refractivity contribution in [3.63, 3.8) is 0 Å². The monoisotopic (exact) mass is 297 g/mol. The highest BCUT2D eigenvalue weighted by Gasteiger charge is 2.04. The Hall–Kier alpha value is -1.28. The summed E-state index contributed by atoms with van der Waals surface area (Å²) < 4.78 is 10.9. The largest absolute Gasteiger partial charge is 0.382 e. The average Bonchev–Trinajstić information content (AvgIpc) is 2.91. The lowest BCUT2D eigenvalue weighted by atomic mass is 10.4. The first-order valence-electron chi connectivity index (χ1n) is 6.55. The number of methoxy groups -OCH3 is 1. The number of nitrogens with zero attached hydrogens (tertiary/aromatic N) is 1. The Labute approximate surface area is 121 Å². The maximum Gasteiger partial charge on any atom is 0.268 e. The van der Waals surface area contributed by atoms with Gasteiger partial charge in [0.05, 0.1) is 25.3 Å². The molecular weight excluding hydrogens is 278 g/mol. The molecule has 6 nitrogen and oxygen atoms in total. The minimum Gasteiger partial charge on any atom is -0.382 e. The summed E-state index contributed by atoms with van der Waals surface area (Å²) in [4.78, 5) is 18.9. The Bertz CT molecular complexity index is 581. The molecule has 0 radical (unpaired) electrons. The van der Waals surface area contributed by atoms with Gasteiger partial charge in [0, 0.05) is 13.7 Å². The zero-order chi connectivity index (χ0) is 14.2. The molecule has 0 fully saturated rings. The van der Waals surface area contributed by atoms with Gasteiger partial charge in [0.25, 0.3) is 5.56 Å². The Morgan fingerprint density at radius 1 is 1.40 bits per heavy atom. The standard InChI is InChI=1S/C13H19N3O3S/c1-18-6-7-19-5-2-4-14-9-11-15-10-3-8-20-12(10)13(17)16-11/h3,8,14H,2,4-7,9H2,1H3,(H,15,16,17). The molecule has 0 aromatic carbocycles. The number of rotatable bonds is 9. The number of nitrogens with one attached hydrogen (secondary N) is 2. The SMILES string of the molecule is COCCOCCCNCc1nc2ccsc2c(=O)[nH]1. The molecule has 0 saturated heterocycles. The fourth-order valence-electron chi connectivity index (χ4n) is 1.76. The molecule has 110 valence electrons. The third kappa shape index (κ3) is 4.38. The van der Waals surface area contributed by atoms with E-state index in [1.54, 1.807) is 7.11 Å². The quantitative estimate of drug-likeness (QED) is 0.679. The van der Waals surface area contributed by atoms with E-state index in [-0.39, 0.29) is 5.56 Å². The molecule has 2 rings (SSSR count). The highest BCUT2D eigenvalue weighted by Crippen LogP contribution is 2.13. The van der Waals surface area contributed by atoms with Crippen molar-refractivity contribution in [1.29, 1.82) is 0 Å². The van der Waals surface area contributed by atoms with Gasteiger partial charge in [-0.05, 0) is 24.4 Å². The van der Waals surface area contributed by atoms with E-state index in [9.17, 15) is 4.79 Å². The lowest BCUT2D eigenvalue weighted by molar-refractivity contribution is 0.0694. The Morgan fingerprint density at radius 2 is 2.30 bits per heavy atom. The smallest absolute Gasteiger partial charge is 0.268 e. The molecule has 0 aliphatic carbocycles. The van der Waals surface area contributed by atoms with Gasteiger partial charge in [-0.1, -0.05) is 0 Å². The molecule has 2 aromatic rings. The van der Waals surface area contributed by atoms with Crippen LogP contribution in [-0.4, -0.2) is 43.4 Å². The van der Waals surface area contributed by atoms with Crippen LogP contribution < -0.4 is 10.9 Å². The van der Waals surface area contributed by atoms with Crippen molar-refractivity contribution in [2.45, 2.75) is 13.0 Å². The van der Waals surface area contributed by atoms with Crippen LogP contribution in [0.1, 0.15) is 12.2 Å². The zero-order valence-electron chi connectivity index (χ0n) is 11.5. The van der Waals surface area contributed by atoms with Crippen molar-refractivity contribution in [2.24, 2.45) is 0 Å². The summed E-state index contributed by atoms with van der Waals surface area (Å²) in [5.74, 6) is 0.668. The van der Waals surface area contributed by atoms with Gasteiger partial charge in [-0.3, -0.25) is 4.79 Å². The zero-order valence-corrected chi connectivity index (χ0v) is 12.3. The molecule has 2 heterocycles. The lowest BCUT2D eigenvalue weighted by Crippen LogP contribution is -2.21. The van der Waals surface area contributed by atoms with Crippen molar-refractivity contribution in [1.82, 2.24) is 15.3 Å². The van der Waals surface area contributed by atoms with E-state index in [0.717, 1.165) is 18.5 Å². The summed E-state index contributed by atoms with van der Waals surface area (Å²) in [7, 11) is 1.66. The summed E-state index contributed by atoms with van der Waals surface area (Å²) in [6.45, 7) is 3.32. The number of ether oxygens (including phenoxy) is 2. The van der Waals surface area contributed by atoms with E-state index in [4.69, 9.17) is 9.47 Å². The van der Waals surface area contributed by atoms with Gasteiger partial charge < -0.3 is 19.8 Å². The summed E-state index contributed by atoms with van der Waals surface area (Å²) in [6, 6.07) is 1.86. The lowest BCUT2D eigenvalue weighted by Gasteiger charge is -2.05. The van der Waals surface area contributed by atoms with Crippen LogP contribution in [-0.2, 0) is 16.0 Å². The van der Waals surface area contributed by atoms with Crippen LogP contribution in [0, 0.1) is 0 Å². The Kier molecular flexibility index (Phi) is 6.13. The number of H-pyrrole nitrogens is 1. The van der Waals surface area contributed by atoms with Crippen LogP contribution in [0.3, 0.4) is 0 Å². The van der Waals surface area contributed by atoms with Crippen LogP contribution in [0.2, 0.25) is 0 Å². The van der Waals surface area contributed by atoms with Crippen LogP contribution in [0.4, 0.5) is 0 Å². The summed E-state index contributed by atoms with van der Waals surface area (Å²) >= 11 is 1.41. The molecule has 0 aliphatic heterocycles. The second kappa shape index (κ2) is 8.11. The summed E-state index contributed by atoms with van der Waals surface area (Å²) in [6.07, 6.45) is 0.911. The first-order valence-corrected chi connectivity index (χ1v) is 7.43. The molecule has 0 spiro atoms. The van der Waals surface area contributed by atoms with Gasteiger partial charge in [0.2, 0.25) is 0 Å². The Balaban J connectivity index is 1.69. The molecule has 20 heavy (non-hydrogen) atoms. The van der Waals surface area contributed by atoms with E-state index in [0.29, 0.717) is 36.9 Å². The second-order valence-corrected chi connectivity index (χ2v) is 5.20. The molecule has 0 atom stereocenters. The molecular formula is C13H19N3O3S. The van der Waals surface area contributed by atoms with Gasteiger partial charge in [-0.25, -0.2) is 4.98 Å². The number of thiophene rings is 1. The van der Waals surface area contributed by atoms with E-state index in [1.807, 2.05) is 11.4 Å². The second-order valence-electron chi connectivity index (χ2n) is 4.28. The van der Waals surface area contributed by atoms with E-state index in [2.05, 4.69) is 15.3 Å². The number of hydrogen-bond acceptors (Lipinski definition) is 6. The van der Waals surface area contributed by atoms with Gasteiger partial charge in [-0.15, -0.1) is 11.3 Å². The van der Waals surface area contributed by atoms with Crippen LogP contribution in [0.15, 0.2) is 16.2 Å². The molecule has 0 saturated carbocycles. The third-order valence-electron chi connectivity index (χ3n) is 2.73. The number of aromatic nitrogens is 2. The Morgan fingerprint density at radius 3 is 3.15 bits per heavy atom. The normalized spacial score (nSPS) is 11.2. The van der Waals surface area contributed by atoms with Crippen molar-refractivity contribution in [3.05, 3.63) is 27.6 Å². The molecule has 2 aromatic heterocycles. The number of hydrogen-bond donors (Lipinski definition) is 2. The summed E-state index contributed by atoms with van der Waals surface area (Å²) in [5, 5.41) is 5.11. The van der Waals surface area contributed by atoms with E-state index < -0.39 is 0 Å². The molecule has 2 N–H and O–H groups in total. The number of fused-ring (bicyclic) bond motifs is 1. The van der Waals surface area contributed by atoms with Crippen molar-refractivity contribution >= 4 is 21.6 Å². The predicted octanol–water partition coefficient (Wildman–Crippen LogP) is 1.13. The van der Waals surface area contributed by atoms with Crippen molar-refractivity contribution in [2.75, 3.05) is 33.5 Å².